The number of aromatic nitrogens is 3. The fraction of sp³-hybridized carbons (Fsp3) is 0.241. The number of fused-ring (bicyclic) bond motifs is 1. The van der Waals surface area contributed by atoms with Crippen LogP contribution in [0.25, 0.3) is 11.3 Å². The molecule has 0 bridgehead atoms. The molecule has 0 spiro atoms. The zero-order chi connectivity index (χ0) is 25.0. The van der Waals surface area contributed by atoms with Crippen LogP contribution >= 0.6 is 0 Å². The van der Waals surface area contributed by atoms with Gasteiger partial charge in [0.25, 0.3) is 5.91 Å². The summed E-state index contributed by atoms with van der Waals surface area (Å²) in [6.07, 6.45) is 4.45. The van der Waals surface area contributed by atoms with E-state index in [-0.39, 0.29) is 5.91 Å². The maximum absolute atomic E-state index is 13.0. The fourth-order valence-electron chi connectivity index (χ4n) is 4.84. The van der Waals surface area contributed by atoms with Gasteiger partial charge in [-0.05, 0) is 36.2 Å². The van der Waals surface area contributed by atoms with Gasteiger partial charge in [0.2, 0.25) is 5.95 Å². The Labute approximate surface area is 216 Å². The monoisotopic (exact) mass is 492 g/mol. The van der Waals surface area contributed by atoms with Crippen LogP contribution in [-0.4, -0.2) is 53.7 Å². The number of anilines is 3. The number of carbonyl (C=O) groups excluding carboxylic acids is 1. The summed E-state index contributed by atoms with van der Waals surface area (Å²) in [5.74, 6) is 1.48. The van der Waals surface area contributed by atoms with Gasteiger partial charge in [0.05, 0.1) is 30.8 Å². The molecule has 4 heterocycles. The van der Waals surface area contributed by atoms with E-state index in [1.54, 1.807) is 6.20 Å². The van der Waals surface area contributed by atoms with E-state index >= 15 is 0 Å². The van der Waals surface area contributed by atoms with Crippen molar-refractivity contribution >= 4 is 23.4 Å². The van der Waals surface area contributed by atoms with Crippen molar-refractivity contribution in [3.05, 3.63) is 95.8 Å². The largest absolute Gasteiger partial charge is 0.378 e. The standard InChI is InChI=1S/C29H28N6O2/c36-28(31-19-21-6-2-1-3-7-21)23-9-4-8-22(18-23)26-25-11-13-35(24-10-5-12-30-20-24)27(25)33-29(32-26)34-14-16-37-17-15-34/h1-10,12,18,20H,11,13-17,19H2,(H,31,36). The van der Waals surface area contributed by atoms with Crippen molar-refractivity contribution < 1.29 is 9.53 Å². The summed E-state index contributed by atoms with van der Waals surface area (Å²) in [5.41, 5.74) is 5.54. The molecule has 1 fully saturated rings. The molecule has 0 unspecified atom stereocenters. The van der Waals surface area contributed by atoms with Crippen molar-refractivity contribution in [2.75, 3.05) is 42.6 Å². The average Bonchev–Trinajstić information content (AvgIpc) is 3.41. The normalized spacial score (nSPS) is 14.9. The summed E-state index contributed by atoms with van der Waals surface area (Å²) in [5, 5.41) is 3.03. The second kappa shape index (κ2) is 10.4. The summed E-state index contributed by atoms with van der Waals surface area (Å²) in [6, 6.07) is 21.6. The third-order valence-electron chi connectivity index (χ3n) is 6.76. The fourth-order valence-corrected chi connectivity index (χ4v) is 4.84. The molecule has 0 aliphatic carbocycles. The quantitative estimate of drug-likeness (QED) is 0.436. The Balaban J connectivity index is 1.36. The molecule has 0 radical (unpaired) electrons. The summed E-state index contributed by atoms with van der Waals surface area (Å²) >= 11 is 0. The number of amides is 1. The first-order valence-corrected chi connectivity index (χ1v) is 12.6. The number of hydrogen-bond donors (Lipinski definition) is 1. The Morgan fingerprint density at radius 1 is 0.946 bits per heavy atom. The third-order valence-corrected chi connectivity index (χ3v) is 6.76. The van der Waals surface area contributed by atoms with E-state index in [9.17, 15) is 4.79 Å². The first-order chi connectivity index (χ1) is 18.3. The smallest absolute Gasteiger partial charge is 0.251 e. The van der Waals surface area contributed by atoms with Crippen molar-refractivity contribution in [3.63, 3.8) is 0 Å². The van der Waals surface area contributed by atoms with Gasteiger partial charge in [0, 0.05) is 49.1 Å². The SMILES string of the molecule is O=C(NCc1ccccc1)c1cccc(-c2nc(N3CCOCC3)nc3c2CCN3c2cccnc2)c1. The van der Waals surface area contributed by atoms with E-state index in [1.807, 2.05) is 66.9 Å². The molecule has 8 nitrogen and oxygen atoms in total. The predicted octanol–water partition coefficient (Wildman–Crippen LogP) is 4.00. The number of nitrogens with one attached hydrogen (secondary N) is 1. The van der Waals surface area contributed by atoms with Crippen LogP contribution in [0.15, 0.2) is 79.1 Å². The van der Waals surface area contributed by atoms with Gasteiger partial charge in [-0.1, -0.05) is 42.5 Å². The Kier molecular flexibility index (Phi) is 6.47. The minimum absolute atomic E-state index is 0.109. The number of hydrogen-bond acceptors (Lipinski definition) is 7. The number of rotatable bonds is 6. The van der Waals surface area contributed by atoms with Crippen molar-refractivity contribution in [1.29, 1.82) is 0 Å². The van der Waals surface area contributed by atoms with Gasteiger partial charge in [0.1, 0.15) is 5.82 Å². The summed E-state index contributed by atoms with van der Waals surface area (Å²) in [4.78, 5) is 31.8. The molecule has 0 saturated carbocycles. The topological polar surface area (TPSA) is 83.5 Å². The molecule has 2 aliphatic heterocycles. The lowest BCUT2D eigenvalue weighted by Gasteiger charge is -2.28. The Morgan fingerprint density at radius 2 is 1.81 bits per heavy atom. The minimum atomic E-state index is -0.109. The van der Waals surface area contributed by atoms with Crippen LogP contribution in [0.2, 0.25) is 0 Å². The van der Waals surface area contributed by atoms with Gasteiger partial charge in [-0.2, -0.15) is 4.98 Å². The van der Waals surface area contributed by atoms with Crippen LogP contribution in [0, 0.1) is 0 Å². The molecule has 1 N–H and O–H groups in total. The minimum Gasteiger partial charge on any atom is -0.378 e. The van der Waals surface area contributed by atoms with Crippen LogP contribution in [0.1, 0.15) is 21.5 Å². The number of nitrogens with zero attached hydrogens (tertiary/aromatic N) is 5. The van der Waals surface area contributed by atoms with Gasteiger partial charge < -0.3 is 19.9 Å². The first-order valence-electron chi connectivity index (χ1n) is 12.6. The molecular formula is C29H28N6O2. The maximum Gasteiger partial charge on any atom is 0.251 e. The molecule has 1 amide bonds. The first kappa shape index (κ1) is 23.1. The average molecular weight is 493 g/mol. The Bertz CT molecular complexity index is 1390. The number of morpholine rings is 1. The summed E-state index contributed by atoms with van der Waals surface area (Å²) < 4.78 is 5.56. The van der Waals surface area contributed by atoms with E-state index in [1.165, 1.54) is 0 Å². The highest BCUT2D eigenvalue weighted by Crippen LogP contribution is 2.39. The Hall–Kier alpha value is -4.30. The van der Waals surface area contributed by atoms with E-state index in [2.05, 4.69) is 26.2 Å². The van der Waals surface area contributed by atoms with E-state index in [0.717, 1.165) is 59.9 Å². The van der Waals surface area contributed by atoms with Crippen LogP contribution in [0.3, 0.4) is 0 Å². The third kappa shape index (κ3) is 4.88. The van der Waals surface area contributed by atoms with Crippen molar-refractivity contribution in [2.24, 2.45) is 0 Å². The Morgan fingerprint density at radius 3 is 2.62 bits per heavy atom. The van der Waals surface area contributed by atoms with Crippen LogP contribution in [0.4, 0.5) is 17.5 Å². The molecular weight excluding hydrogens is 464 g/mol. The predicted molar refractivity (Wildman–Crippen MR) is 143 cm³/mol. The zero-order valence-corrected chi connectivity index (χ0v) is 20.5. The molecule has 6 rings (SSSR count). The highest BCUT2D eigenvalue weighted by molar-refractivity contribution is 5.95. The van der Waals surface area contributed by atoms with E-state index in [0.29, 0.717) is 31.3 Å². The molecule has 2 aliphatic rings. The zero-order valence-electron chi connectivity index (χ0n) is 20.5. The highest BCUT2D eigenvalue weighted by atomic mass is 16.5. The lowest BCUT2D eigenvalue weighted by molar-refractivity contribution is 0.0951. The van der Waals surface area contributed by atoms with Crippen molar-refractivity contribution in [1.82, 2.24) is 20.3 Å². The van der Waals surface area contributed by atoms with E-state index < -0.39 is 0 Å². The molecule has 2 aromatic carbocycles. The van der Waals surface area contributed by atoms with Crippen molar-refractivity contribution in [2.45, 2.75) is 13.0 Å². The van der Waals surface area contributed by atoms with Gasteiger partial charge >= 0.3 is 0 Å². The highest BCUT2D eigenvalue weighted by Gasteiger charge is 2.29. The lowest BCUT2D eigenvalue weighted by Crippen LogP contribution is -2.37. The molecule has 0 atom stereocenters. The molecule has 37 heavy (non-hydrogen) atoms. The summed E-state index contributed by atoms with van der Waals surface area (Å²) in [6.45, 7) is 4.07. The molecule has 8 heteroatoms. The summed E-state index contributed by atoms with van der Waals surface area (Å²) in [7, 11) is 0. The molecule has 2 aromatic heterocycles. The molecule has 186 valence electrons. The van der Waals surface area contributed by atoms with Crippen LogP contribution in [0.5, 0.6) is 0 Å². The second-order valence-electron chi connectivity index (χ2n) is 9.14. The maximum atomic E-state index is 13.0. The van der Waals surface area contributed by atoms with E-state index in [4.69, 9.17) is 14.7 Å². The van der Waals surface area contributed by atoms with Gasteiger partial charge in [0.15, 0.2) is 0 Å². The van der Waals surface area contributed by atoms with Crippen LogP contribution < -0.4 is 15.1 Å². The van der Waals surface area contributed by atoms with Gasteiger partial charge in [-0.3, -0.25) is 9.78 Å². The molecule has 4 aromatic rings. The lowest BCUT2D eigenvalue weighted by atomic mass is 10.0. The number of ether oxygens (including phenoxy) is 1. The number of carbonyl (C=O) groups is 1. The van der Waals surface area contributed by atoms with Crippen molar-refractivity contribution in [3.8, 4) is 11.3 Å². The number of pyridine rings is 1. The van der Waals surface area contributed by atoms with Gasteiger partial charge in [-0.25, -0.2) is 4.98 Å². The second-order valence-corrected chi connectivity index (χ2v) is 9.14. The number of benzene rings is 2. The molecule has 1 saturated heterocycles. The van der Waals surface area contributed by atoms with Crippen LogP contribution in [-0.2, 0) is 17.7 Å². The van der Waals surface area contributed by atoms with Gasteiger partial charge in [-0.15, -0.1) is 0 Å².